The summed E-state index contributed by atoms with van der Waals surface area (Å²) in [5.74, 6) is 0. The molecule has 1 aliphatic carbocycles. The van der Waals surface area contributed by atoms with Gasteiger partial charge >= 0.3 is 0 Å². The van der Waals surface area contributed by atoms with E-state index in [4.69, 9.17) is 4.74 Å². The van der Waals surface area contributed by atoms with E-state index in [0.717, 1.165) is 5.57 Å². The summed E-state index contributed by atoms with van der Waals surface area (Å²) in [6.45, 7) is 3.32. The molecule has 2 N–H and O–H groups in total. The van der Waals surface area contributed by atoms with Crippen molar-refractivity contribution in [3.63, 3.8) is 0 Å². The van der Waals surface area contributed by atoms with E-state index in [2.05, 4.69) is 30.4 Å². The fourth-order valence-electron chi connectivity index (χ4n) is 2.23. The van der Waals surface area contributed by atoms with E-state index in [9.17, 15) is 5.11 Å². The number of methoxy groups -OCH3 is 1. The highest BCUT2D eigenvalue weighted by Gasteiger charge is 2.24. The fraction of sp³-hybridized carbons (Fsp3) is 0.375. The molecule has 1 aromatic carbocycles. The molecule has 0 saturated heterocycles. The Hall–Kier alpha value is -1.42. The van der Waals surface area contributed by atoms with Crippen molar-refractivity contribution in [1.29, 1.82) is 0 Å². The zero-order chi connectivity index (χ0) is 13.7. The third-order valence-electron chi connectivity index (χ3n) is 3.37. The number of allylic oxidation sites excluding steroid dienone is 2. The van der Waals surface area contributed by atoms with Crippen LogP contribution in [0.3, 0.4) is 0 Å². The third-order valence-corrected chi connectivity index (χ3v) is 3.37. The van der Waals surface area contributed by atoms with Gasteiger partial charge in [0.05, 0.1) is 6.61 Å². The van der Waals surface area contributed by atoms with Crippen LogP contribution in [0.4, 0.5) is 0 Å². The second-order valence-electron chi connectivity index (χ2n) is 4.86. The van der Waals surface area contributed by atoms with Gasteiger partial charge in [0, 0.05) is 20.1 Å². The highest BCUT2D eigenvalue weighted by molar-refractivity contribution is 5.77. The molecule has 0 aromatic heterocycles. The molecule has 0 radical (unpaired) electrons. The molecule has 0 aliphatic heterocycles. The number of nitrogens with one attached hydrogen (secondary N) is 1. The van der Waals surface area contributed by atoms with Crippen molar-refractivity contribution in [1.82, 2.24) is 5.32 Å². The molecular formula is C16H21NO2. The molecule has 102 valence electrons. The van der Waals surface area contributed by atoms with Gasteiger partial charge in [0.2, 0.25) is 0 Å². The Morgan fingerprint density at radius 2 is 2.16 bits per heavy atom. The van der Waals surface area contributed by atoms with Crippen LogP contribution < -0.4 is 5.32 Å². The number of hydrogen-bond donors (Lipinski definition) is 2. The van der Waals surface area contributed by atoms with Gasteiger partial charge in [-0.2, -0.15) is 0 Å². The van der Waals surface area contributed by atoms with Gasteiger partial charge in [-0.25, -0.2) is 0 Å². The number of ether oxygens (including phenoxy) is 1. The smallest absolute Gasteiger partial charge is 0.139 e. The lowest BCUT2D eigenvalue weighted by atomic mass is 9.92. The van der Waals surface area contributed by atoms with Crippen molar-refractivity contribution in [2.45, 2.75) is 19.1 Å². The van der Waals surface area contributed by atoms with Crippen LogP contribution in [-0.2, 0) is 4.74 Å². The molecular weight excluding hydrogens is 238 g/mol. The van der Waals surface area contributed by atoms with Gasteiger partial charge in [-0.05, 0) is 29.7 Å². The molecule has 3 heteroatoms. The molecule has 2 rings (SSSR count). The predicted molar refractivity (Wildman–Crippen MR) is 77.7 cm³/mol. The van der Waals surface area contributed by atoms with Gasteiger partial charge in [-0.3, -0.25) is 5.32 Å². The monoisotopic (exact) mass is 259 g/mol. The quantitative estimate of drug-likeness (QED) is 0.629. The predicted octanol–water partition coefficient (Wildman–Crippen LogP) is 2.26. The minimum absolute atomic E-state index is 0.566. The number of rotatable bonds is 5. The lowest BCUT2D eigenvalue weighted by Gasteiger charge is -2.28. The maximum Gasteiger partial charge on any atom is 0.139 e. The highest BCUT2D eigenvalue weighted by atomic mass is 16.5. The summed E-state index contributed by atoms with van der Waals surface area (Å²) < 4.78 is 4.97. The molecule has 0 heterocycles. The third kappa shape index (κ3) is 3.53. The van der Waals surface area contributed by atoms with E-state index >= 15 is 0 Å². The van der Waals surface area contributed by atoms with Gasteiger partial charge < -0.3 is 9.84 Å². The minimum atomic E-state index is -0.954. The second-order valence-corrected chi connectivity index (χ2v) is 4.86. The first-order valence-electron chi connectivity index (χ1n) is 6.56. The van der Waals surface area contributed by atoms with Crippen molar-refractivity contribution in [3.8, 4) is 0 Å². The van der Waals surface area contributed by atoms with Crippen molar-refractivity contribution in [3.05, 3.63) is 53.6 Å². The Morgan fingerprint density at radius 3 is 2.79 bits per heavy atom. The van der Waals surface area contributed by atoms with Crippen LogP contribution in [0.2, 0.25) is 0 Å². The van der Waals surface area contributed by atoms with Crippen LogP contribution in [0.15, 0.2) is 42.5 Å². The summed E-state index contributed by atoms with van der Waals surface area (Å²) in [5.41, 5.74) is 2.68. The number of aliphatic hydroxyl groups is 1. The van der Waals surface area contributed by atoms with Crippen LogP contribution in [-0.4, -0.2) is 31.1 Å². The highest BCUT2D eigenvalue weighted by Crippen LogP contribution is 2.27. The molecule has 0 fully saturated rings. The van der Waals surface area contributed by atoms with E-state index in [1.54, 1.807) is 7.11 Å². The number of benzene rings is 1. The Labute approximate surface area is 114 Å². The van der Waals surface area contributed by atoms with Gasteiger partial charge in [-0.15, -0.1) is 0 Å². The summed E-state index contributed by atoms with van der Waals surface area (Å²) in [7, 11) is 1.65. The summed E-state index contributed by atoms with van der Waals surface area (Å²) in [6, 6.07) is 8.28. The lowest BCUT2D eigenvalue weighted by molar-refractivity contribution is 0.0481. The van der Waals surface area contributed by atoms with Gasteiger partial charge in [-0.1, -0.05) is 36.4 Å². The van der Waals surface area contributed by atoms with Gasteiger partial charge in [0.1, 0.15) is 5.72 Å². The Morgan fingerprint density at radius 1 is 1.37 bits per heavy atom. The Bertz CT molecular complexity index is 493. The molecule has 0 bridgehead atoms. The average molecular weight is 259 g/mol. The van der Waals surface area contributed by atoms with Crippen molar-refractivity contribution < 1.29 is 9.84 Å². The standard InChI is InChI=1S/C16H21NO2/c1-13-5-3-4-6-15(13)14-7-9-16(18,10-8-14)17-11-12-19-2/h3-9,17-18H,10-12H2,1-2H3. The van der Waals surface area contributed by atoms with Crippen molar-refractivity contribution in [2.75, 3.05) is 20.3 Å². The summed E-state index contributed by atoms with van der Waals surface area (Å²) in [6.07, 6.45) is 6.44. The van der Waals surface area contributed by atoms with Crippen LogP contribution in [0.5, 0.6) is 0 Å². The first-order valence-corrected chi connectivity index (χ1v) is 6.56. The molecule has 1 unspecified atom stereocenters. The Balaban J connectivity index is 2.05. The zero-order valence-corrected chi connectivity index (χ0v) is 11.5. The molecule has 1 aromatic rings. The van der Waals surface area contributed by atoms with E-state index in [-0.39, 0.29) is 0 Å². The van der Waals surface area contributed by atoms with Crippen molar-refractivity contribution in [2.24, 2.45) is 0 Å². The van der Waals surface area contributed by atoms with Crippen LogP contribution in [0, 0.1) is 6.92 Å². The van der Waals surface area contributed by atoms with Gasteiger partial charge in [0.15, 0.2) is 0 Å². The molecule has 0 saturated carbocycles. The van der Waals surface area contributed by atoms with E-state index < -0.39 is 5.72 Å². The fourth-order valence-corrected chi connectivity index (χ4v) is 2.23. The molecule has 3 nitrogen and oxygen atoms in total. The Kier molecular flexibility index (Phi) is 4.53. The normalized spacial score (nSPS) is 22.4. The SMILES string of the molecule is COCCNC1(O)C=CC(c2ccccc2C)=CC1. The number of aryl methyl sites for hydroxylation is 1. The minimum Gasteiger partial charge on any atom is -0.383 e. The summed E-state index contributed by atoms with van der Waals surface area (Å²) in [4.78, 5) is 0. The second kappa shape index (κ2) is 6.15. The van der Waals surface area contributed by atoms with Crippen LogP contribution >= 0.6 is 0 Å². The van der Waals surface area contributed by atoms with Gasteiger partial charge in [0.25, 0.3) is 0 Å². The summed E-state index contributed by atoms with van der Waals surface area (Å²) >= 11 is 0. The zero-order valence-electron chi connectivity index (χ0n) is 11.5. The molecule has 19 heavy (non-hydrogen) atoms. The molecule has 1 aliphatic rings. The first kappa shape index (κ1) is 14.0. The molecule has 0 spiro atoms. The molecule has 0 amide bonds. The first-order chi connectivity index (χ1) is 9.14. The number of hydrogen-bond acceptors (Lipinski definition) is 3. The average Bonchev–Trinajstić information content (AvgIpc) is 2.41. The maximum atomic E-state index is 10.3. The van der Waals surface area contributed by atoms with E-state index in [1.165, 1.54) is 11.1 Å². The molecule has 1 atom stereocenters. The largest absolute Gasteiger partial charge is 0.383 e. The van der Waals surface area contributed by atoms with E-state index in [0.29, 0.717) is 19.6 Å². The maximum absolute atomic E-state index is 10.3. The van der Waals surface area contributed by atoms with Crippen LogP contribution in [0.1, 0.15) is 17.5 Å². The van der Waals surface area contributed by atoms with E-state index in [1.807, 2.05) is 24.3 Å². The topological polar surface area (TPSA) is 41.5 Å². The van der Waals surface area contributed by atoms with Crippen molar-refractivity contribution >= 4 is 5.57 Å². The van der Waals surface area contributed by atoms with Crippen LogP contribution in [0.25, 0.3) is 5.57 Å². The summed E-state index contributed by atoms with van der Waals surface area (Å²) in [5, 5.41) is 13.4. The lowest BCUT2D eigenvalue weighted by Crippen LogP contribution is -2.45.